The Labute approximate surface area is 85.3 Å². The van der Waals surface area contributed by atoms with E-state index < -0.39 is 0 Å². The number of rotatable bonds is 1. The first-order valence-corrected chi connectivity index (χ1v) is 5.24. The fourth-order valence-electron chi connectivity index (χ4n) is 2.36. The number of nitrogens with zero attached hydrogens (tertiary/aromatic N) is 1. The standard InChI is InChI=1S/C12H17NO/c1-10-8-9-12(13(10,2)14)11-6-4-3-5-7-11/h3-7,10,12H,8-9H2,1-2H3. The third kappa shape index (κ3) is 1.45. The molecule has 0 amide bonds. The maximum atomic E-state index is 12.3. The van der Waals surface area contributed by atoms with Gasteiger partial charge in [-0.15, -0.1) is 0 Å². The van der Waals surface area contributed by atoms with Crippen LogP contribution in [0.5, 0.6) is 0 Å². The number of likely N-dealkylation sites (tertiary alicyclic amines) is 1. The van der Waals surface area contributed by atoms with E-state index in [1.807, 2.05) is 18.2 Å². The Morgan fingerprint density at radius 2 is 1.86 bits per heavy atom. The lowest BCUT2D eigenvalue weighted by Crippen LogP contribution is -2.42. The Bertz CT molecular complexity index is 307. The second-order valence-corrected chi connectivity index (χ2v) is 4.41. The average molecular weight is 191 g/mol. The minimum atomic E-state index is -0.107. The molecule has 1 saturated heterocycles. The molecule has 1 aliphatic rings. The topological polar surface area (TPSA) is 23.1 Å². The van der Waals surface area contributed by atoms with E-state index in [1.54, 1.807) is 7.05 Å². The number of quaternary nitrogens is 1. The van der Waals surface area contributed by atoms with Crippen molar-refractivity contribution in [3.8, 4) is 0 Å². The third-order valence-electron chi connectivity index (χ3n) is 3.54. The van der Waals surface area contributed by atoms with Gasteiger partial charge in [-0.25, -0.2) is 0 Å². The molecule has 3 atom stereocenters. The first-order valence-electron chi connectivity index (χ1n) is 5.24. The van der Waals surface area contributed by atoms with E-state index in [0.29, 0.717) is 0 Å². The highest BCUT2D eigenvalue weighted by atomic mass is 16.5. The minimum absolute atomic E-state index is 0.107. The molecule has 0 radical (unpaired) electrons. The molecule has 1 aliphatic heterocycles. The van der Waals surface area contributed by atoms with Crippen LogP contribution in [0.4, 0.5) is 0 Å². The van der Waals surface area contributed by atoms with Gasteiger partial charge in [0, 0.05) is 18.4 Å². The predicted octanol–water partition coefficient (Wildman–Crippen LogP) is 2.85. The molecular weight excluding hydrogens is 174 g/mol. The summed E-state index contributed by atoms with van der Waals surface area (Å²) in [4.78, 5) is 0. The van der Waals surface area contributed by atoms with E-state index in [2.05, 4.69) is 19.1 Å². The highest BCUT2D eigenvalue weighted by Gasteiger charge is 2.37. The van der Waals surface area contributed by atoms with Crippen LogP contribution in [0, 0.1) is 5.21 Å². The van der Waals surface area contributed by atoms with Crippen LogP contribution in [0.25, 0.3) is 0 Å². The normalized spacial score (nSPS) is 37.4. The summed E-state index contributed by atoms with van der Waals surface area (Å²) in [5.41, 5.74) is 1.19. The summed E-state index contributed by atoms with van der Waals surface area (Å²) in [6.45, 7) is 2.05. The second kappa shape index (κ2) is 3.37. The number of benzene rings is 1. The molecule has 0 spiro atoms. The SMILES string of the molecule is CC1CCC(c2ccccc2)[N+]1(C)[O-]. The lowest BCUT2D eigenvalue weighted by molar-refractivity contribution is -0.900. The molecule has 2 heteroatoms. The molecule has 1 heterocycles. The summed E-state index contributed by atoms with van der Waals surface area (Å²) in [5.74, 6) is 0. The fourth-order valence-corrected chi connectivity index (χ4v) is 2.36. The monoisotopic (exact) mass is 191 g/mol. The van der Waals surface area contributed by atoms with Gasteiger partial charge in [-0.05, 0) is 6.92 Å². The van der Waals surface area contributed by atoms with Gasteiger partial charge in [0.25, 0.3) is 0 Å². The highest BCUT2D eigenvalue weighted by molar-refractivity contribution is 5.18. The van der Waals surface area contributed by atoms with E-state index in [0.717, 1.165) is 12.8 Å². The number of hydroxylamine groups is 3. The lowest BCUT2D eigenvalue weighted by Gasteiger charge is -2.44. The van der Waals surface area contributed by atoms with E-state index in [4.69, 9.17) is 0 Å². The van der Waals surface area contributed by atoms with Crippen molar-refractivity contribution < 1.29 is 4.65 Å². The average Bonchev–Trinajstić information content (AvgIpc) is 2.44. The van der Waals surface area contributed by atoms with Crippen LogP contribution in [0.3, 0.4) is 0 Å². The molecule has 76 valence electrons. The molecule has 0 aromatic heterocycles. The molecular formula is C12H17NO. The first kappa shape index (κ1) is 9.69. The van der Waals surface area contributed by atoms with Crippen molar-refractivity contribution in [3.63, 3.8) is 0 Å². The van der Waals surface area contributed by atoms with Crippen molar-refractivity contribution in [1.82, 2.24) is 0 Å². The molecule has 0 aliphatic carbocycles. The maximum absolute atomic E-state index is 12.3. The summed E-state index contributed by atoms with van der Waals surface area (Å²) in [6, 6.07) is 10.5. The van der Waals surface area contributed by atoms with Crippen LogP contribution in [0.2, 0.25) is 0 Å². The molecule has 0 bridgehead atoms. The van der Waals surface area contributed by atoms with Crippen LogP contribution in [-0.4, -0.2) is 17.7 Å². The Hall–Kier alpha value is -0.860. The molecule has 1 aromatic carbocycles. The van der Waals surface area contributed by atoms with Gasteiger partial charge in [0.15, 0.2) is 0 Å². The van der Waals surface area contributed by atoms with Crippen molar-refractivity contribution >= 4 is 0 Å². The molecule has 2 nitrogen and oxygen atoms in total. The Balaban J connectivity index is 2.29. The van der Waals surface area contributed by atoms with Gasteiger partial charge >= 0.3 is 0 Å². The molecule has 1 fully saturated rings. The Morgan fingerprint density at radius 1 is 1.21 bits per heavy atom. The van der Waals surface area contributed by atoms with Gasteiger partial charge in [0.2, 0.25) is 0 Å². The predicted molar refractivity (Wildman–Crippen MR) is 57.4 cm³/mol. The van der Waals surface area contributed by atoms with Crippen LogP contribution in [0.1, 0.15) is 31.4 Å². The van der Waals surface area contributed by atoms with Gasteiger partial charge in [-0.1, -0.05) is 30.3 Å². The van der Waals surface area contributed by atoms with E-state index in [-0.39, 0.29) is 16.7 Å². The van der Waals surface area contributed by atoms with Crippen LogP contribution in [-0.2, 0) is 0 Å². The Kier molecular flexibility index (Phi) is 2.33. The zero-order chi connectivity index (χ0) is 10.2. The zero-order valence-electron chi connectivity index (χ0n) is 8.81. The zero-order valence-corrected chi connectivity index (χ0v) is 8.81. The van der Waals surface area contributed by atoms with Crippen molar-refractivity contribution in [3.05, 3.63) is 41.1 Å². The van der Waals surface area contributed by atoms with Crippen molar-refractivity contribution in [2.75, 3.05) is 7.05 Å². The van der Waals surface area contributed by atoms with Gasteiger partial charge in [0.05, 0.1) is 13.1 Å². The highest BCUT2D eigenvalue weighted by Crippen LogP contribution is 2.40. The summed E-state index contributed by atoms with van der Waals surface area (Å²) in [7, 11) is 1.80. The summed E-state index contributed by atoms with van der Waals surface area (Å²) in [5, 5.41) is 12.3. The largest absolute Gasteiger partial charge is 0.632 e. The molecule has 0 saturated carbocycles. The van der Waals surface area contributed by atoms with E-state index >= 15 is 0 Å². The van der Waals surface area contributed by atoms with Crippen molar-refractivity contribution in [2.24, 2.45) is 0 Å². The smallest absolute Gasteiger partial charge is 0.115 e. The quantitative estimate of drug-likeness (QED) is 0.494. The van der Waals surface area contributed by atoms with E-state index in [9.17, 15) is 5.21 Å². The third-order valence-corrected chi connectivity index (χ3v) is 3.54. The lowest BCUT2D eigenvalue weighted by atomic mass is 10.1. The first-order chi connectivity index (χ1) is 6.62. The maximum Gasteiger partial charge on any atom is 0.115 e. The molecule has 2 rings (SSSR count). The molecule has 14 heavy (non-hydrogen) atoms. The fraction of sp³-hybridized carbons (Fsp3) is 0.500. The van der Waals surface area contributed by atoms with Gasteiger partial charge < -0.3 is 9.85 Å². The summed E-state index contributed by atoms with van der Waals surface area (Å²) >= 11 is 0. The number of hydrogen-bond donors (Lipinski definition) is 0. The molecule has 1 aromatic rings. The van der Waals surface area contributed by atoms with Gasteiger partial charge in [-0.2, -0.15) is 0 Å². The summed E-state index contributed by atoms with van der Waals surface area (Å²) in [6.07, 6.45) is 2.06. The van der Waals surface area contributed by atoms with Gasteiger partial charge in [0.1, 0.15) is 6.04 Å². The van der Waals surface area contributed by atoms with E-state index in [1.165, 1.54) is 5.56 Å². The van der Waals surface area contributed by atoms with Crippen molar-refractivity contribution in [2.45, 2.75) is 31.8 Å². The van der Waals surface area contributed by atoms with Crippen LogP contribution in [0.15, 0.2) is 30.3 Å². The molecule has 0 N–H and O–H groups in total. The summed E-state index contributed by atoms with van der Waals surface area (Å²) < 4.78 is -0.107. The minimum Gasteiger partial charge on any atom is -0.632 e. The Morgan fingerprint density at radius 3 is 2.36 bits per heavy atom. The van der Waals surface area contributed by atoms with Crippen LogP contribution < -0.4 is 0 Å². The van der Waals surface area contributed by atoms with Gasteiger partial charge in [-0.3, -0.25) is 0 Å². The molecule has 3 unspecified atom stereocenters. The van der Waals surface area contributed by atoms with Crippen LogP contribution >= 0.6 is 0 Å². The second-order valence-electron chi connectivity index (χ2n) is 4.41. The number of hydrogen-bond acceptors (Lipinski definition) is 1. The van der Waals surface area contributed by atoms with Crippen molar-refractivity contribution in [1.29, 1.82) is 0 Å².